The average molecular weight is 457 g/mol. The average Bonchev–Trinajstić information content (AvgIpc) is 2.93. The smallest absolute Gasteiger partial charge is 0.406 e. The zero-order chi connectivity index (χ0) is 20.5. The highest BCUT2D eigenvalue weighted by Crippen LogP contribution is 2.23. The molecule has 0 unspecified atom stereocenters. The number of halogens is 4. The van der Waals surface area contributed by atoms with E-state index in [-0.39, 0.29) is 11.3 Å². The second-order valence-electron chi connectivity index (χ2n) is 6.79. The maximum absolute atomic E-state index is 12.4. The summed E-state index contributed by atoms with van der Waals surface area (Å²) in [6.45, 7) is 4.02. The molecule has 1 amide bonds. The standard InChI is InChI=1S/C18H16BrF3N4O2/c1-17(2,10-26-9-15-14(25-26)7-12(19)8-23-15)24-16(27)11-3-5-13(6-4-11)28-18(20,21)22/h3-9H,10H2,1-2H3,(H,24,27). The molecule has 2 aromatic heterocycles. The zero-order valence-electron chi connectivity index (χ0n) is 14.9. The highest BCUT2D eigenvalue weighted by molar-refractivity contribution is 9.10. The van der Waals surface area contributed by atoms with E-state index in [0.29, 0.717) is 6.54 Å². The van der Waals surface area contributed by atoms with Crippen LogP contribution in [0.1, 0.15) is 24.2 Å². The molecule has 0 bridgehead atoms. The monoisotopic (exact) mass is 456 g/mol. The summed E-state index contributed by atoms with van der Waals surface area (Å²) < 4.78 is 42.9. The van der Waals surface area contributed by atoms with Gasteiger partial charge in [0.25, 0.3) is 5.91 Å². The van der Waals surface area contributed by atoms with E-state index in [1.165, 1.54) is 12.1 Å². The summed E-state index contributed by atoms with van der Waals surface area (Å²) >= 11 is 3.34. The van der Waals surface area contributed by atoms with Crippen LogP contribution in [0.25, 0.3) is 11.0 Å². The van der Waals surface area contributed by atoms with Crippen LogP contribution >= 0.6 is 15.9 Å². The van der Waals surface area contributed by atoms with Gasteiger partial charge in [0, 0.05) is 16.2 Å². The molecule has 0 aliphatic heterocycles. The molecule has 0 saturated heterocycles. The van der Waals surface area contributed by atoms with Gasteiger partial charge in [0.2, 0.25) is 0 Å². The summed E-state index contributed by atoms with van der Waals surface area (Å²) in [5.41, 5.74) is 0.999. The number of carbonyl (C=O) groups is 1. The van der Waals surface area contributed by atoms with Crippen LogP contribution in [0, 0.1) is 0 Å². The zero-order valence-corrected chi connectivity index (χ0v) is 16.5. The molecule has 1 aromatic carbocycles. The molecule has 0 fully saturated rings. The number of pyridine rings is 1. The predicted molar refractivity (Wildman–Crippen MR) is 99.9 cm³/mol. The van der Waals surface area contributed by atoms with Gasteiger partial charge in [-0.05, 0) is 60.1 Å². The number of hydrogen-bond donors (Lipinski definition) is 1. The maximum Gasteiger partial charge on any atom is 0.573 e. The Balaban J connectivity index is 1.67. The molecule has 0 aliphatic carbocycles. The van der Waals surface area contributed by atoms with Gasteiger partial charge in [0.1, 0.15) is 16.8 Å². The molecular weight excluding hydrogens is 441 g/mol. The number of fused-ring (bicyclic) bond motifs is 1. The Morgan fingerprint density at radius 1 is 1.21 bits per heavy atom. The number of nitrogens with one attached hydrogen (secondary N) is 1. The van der Waals surface area contributed by atoms with Crippen LogP contribution in [0.5, 0.6) is 5.75 Å². The largest absolute Gasteiger partial charge is 0.573 e. The summed E-state index contributed by atoms with van der Waals surface area (Å²) in [5.74, 6) is -0.800. The third kappa shape index (κ3) is 5.22. The lowest BCUT2D eigenvalue weighted by Gasteiger charge is -2.26. The van der Waals surface area contributed by atoms with Gasteiger partial charge in [0.05, 0.1) is 18.3 Å². The molecule has 0 saturated carbocycles. The van der Waals surface area contributed by atoms with Crippen LogP contribution in [0.3, 0.4) is 0 Å². The molecule has 3 rings (SSSR count). The van der Waals surface area contributed by atoms with E-state index < -0.39 is 17.8 Å². The van der Waals surface area contributed by atoms with Crippen molar-refractivity contribution in [1.29, 1.82) is 0 Å². The van der Waals surface area contributed by atoms with Gasteiger partial charge >= 0.3 is 6.36 Å². The Morgan fingerprint density at radius 3 is 2.54 bits per heavy atom. The van der Waals surface area contributed by atoms with Crippen molar-refractivity contribution in [3.63, 3.8) is 0 Å². The van der Waals surface area contributed by atoms with Gasteiger partial charge in [-0.2, -0.15) is 5.10 Å². The van der Waals surface area contributed by atoms with Crippen LogP contribution in [0.2, 0.25) is 0 Å². The Morgan fingerprint density at radius 2 is 1.89 bits per heavy atom. The normalized spacial score (nSPS) is 12.2. The van der Waals surface area contributed by atoms with Crippen molar-refractivity contribution < 1.29 is 22.7 Å². The van der Waals surface area contributed by atoms with Crippen molar-refractivity contribution >= 4 is 32.9 Å². The number of hydrogen-bond acceptors (Lipinski definition) is 4. The number of alkyl halides is 3. The second-order valence-corrected chi connectivity index (χ2v) is 7.71. The van der Waals surface area contributed by atoms with Crippen molar-refractivity contribution in [3.05, 3.63) is 52.8 Å². The third-order valence-corrected chi connectivity index (χ3v) is 4.16. The number of amides is 1. The van der Waals surface area contributed by atoms with Crippen LogP contribution in [-0.4, -0.2) is 32.6 Å². The quantitative estimate of drug-likeness (QED) is 0.621. The molecular formula is C18H16BrF3N4O2. The molecule has 2 heterocycles. The number of ether oxygens (including phenoxy) is 1. The Bertz CT molecular complexity index is 1000. The minimum Gasteiger partial charge on any atom is -0.406 e. The first-order valence-corrected chi connectivity index (χ1v) is 8.97. The lowest BCUT2D eigenvalue weighted by molar-refractivity contribution is -0.274. The minimum absolute atomic E-state index is 0.221. The summed E-state index contributed by atoms with van der Waals surface area (Å²) in [4.78, 5) is 16.7. The fraction of sp³-hybridized carbons (Fsp3) is 0.278. The first-order valence-electron chi connectivity index (χ1n) is 8.18. The highest BCUT2D eigenvalue weighted by Gasteiger charge is 2.31. The van der Waals surface area contributed by atoms with Crippen LogP contribution < -0.4 is 10.1 Å². The number of carbonyl (C=O) groups excluding carboxylic acids is 1. The molecule has 6 nitrogen and oxygen atoms in total. The first kappa shape index (κ1) is 20.1. The number of aromatic nitrogens is 3. The maximum atomic E-state index is 12.4. The number of nitrogens with zero attached hydrogens (tertiary/aromatic N) is 3. The molecule has 28 heavy (non-hydrogen) atoms. The van der Waals surface area contributed by atoms with E-state index in [2.05, 4.69) is 36.1 Å². The molecule has 3 aromatic rings. The topological polar surface area (TPSA) is 69.0 Å². The van der Waals surface area contributed by atoms with E-state index in [4.69, 9.17) is 0 Å². The van der Waals surface area contributed by atoms with E-state index in [1.807, 2.05) is 19.9 Å². The molecule has 0 atom stereocenters. The summed E-state index contributed by atoms with van der Waals surface area (Å²) in [6.07, 6.45) is -1.32. The molecule has 10 heteroatoms. The van der Waals surface area contributed by atoms with Crippen LogP contribution in [-0.2, 0) is 6.54 Å². The molecule has 0 aliphatic rings. The van der Waals surface area contributed by atoms with Crippen molar-refractivity contribution in [2.24, 2.45) is 0 Å². The first-order chi connectivity index (χ1) is 13.0. The minimum atomic E-state index is -4.77. The van der Waals surface area contributed by atoms with E-state index >= 15 is 0 Å². The number of benzene rings is 1. The summed E-state index contributed by atoms with van der Waals surface area (Å²) in [7, 11) is 0. The number of rotatable bonds is 5. The highest BCUT2D eigenvalue weighted by atomic mass is 79.9. The van der Waals surface area contributed by atoms with Gasteiger partial charge in [-0.15, -0.1) is 13.2 Å². The van der Waals surface area contributed by atoms with E-state index in [1.54, 1.807) is 17.1 Å². The Kier molecular flexibility index (Phi) is 5.33. The van der Waals surface area contributed by atoms with Crippen LogP contribution in [0.15, 0.2) is 47.2 Å². The van der Waals surface area contributed by atoms with Crippen molar-refractivity contribution in [1.82, 2.24) is 20.1 Å². The molecule has 0 radical (unpaired) electrons. The fourth-order valence-corrected chi connectivity index (χ4v) is 2.96. The van der Waals surface area contributed by atoms with Gasteiger partial charge < -0.3 is 10.1 Å². The summed E-state index contributed by atoms with van der Waals surface area (Å²) in [5, 5.41) is 7.29. The van der Waals surface area contributed by atoms with Gasteiger partial charge in [-0.3, -0.25) is 14.5 Å². The van der Waals surface area contributed by atoms with Crippen molar-refractivity contribution in [2.75, 3.05) is 0 Å². The molecule has 1 N–H and O–H groups in total. The Labute approximate surface area is 166 Å². The summed E-state index contributed by atoms with van der Waals surface area (Å²) in [6, 6.07) is 6.58. The second kappa shape index (κ2) is 7.42. The van der Waals surface area contributed by atoms with Crippen molar-refractivity contribution in [2.45, 2.75) is 32.3 Å². The lowest BCUT2D eigenvalue weighted by atomic mass is 10.0. The lowest BCUT2D eigenvalue weighted by Crippen LogP contribution is -2.46. The Hall–Kier alpha value is -2.62. The molecule has 0 spiro atoms. The van der Waals surface area contributed by atoms with Gasteiger partial charge in [0.15, 0.2) is 0 Å². The van der Waals surface area contributed by atoms with Gasteiger partial charge in [-0.25, -0.2) is 0 Å². The van der Waals surface area contributed by atoms with Crippen LogP contribution in [0.4, 0.5) is 13.2 Å². The van der Waals surface area contributed by atoms with E-state index in [0.717, 1.165) is 27.6 Å². The fourth-order valence-electron chi connectivity index (χ4n) is 2.64. The van der Waals surface area contributed by atoms with E-state index in [9.17, 15) is 18.0 Å². The van der Waals surface area contributed by atoms with Gasteiger partial charge in [-0.1, -0.05) is 0 Å². The van der Waals surface area contributed by atoms with Crippen molar-refractivity contribution in [3.8, 4) is 5.75 Å². The molecule has 148 valence electrons. The predicted octanol–water partition coefficient (Wildman–Crippen LogP) is 4.30. The third-order valence-electron chi connectivity index (χ3n) is 3.73. The SMILES string of the molecule is CC(C)(Cn1cc2ncc(Br)cc2n1)NC(=O)c1ccc(OC(F)(F)F)cc1.